The standard InChI is InChI=1S/C18H22N6O3/c1-27-15-4-2-14(3-5-15)22-6-8-23(9-7-22)16(25)10-13-11-24-18(19-12-20-24)21-17(13)26/h2-5,12-13H,6-11H2,1H3,(H,19,20,21,26). The van der Waals surface area contributed by atoms with Gasteiger partial charge in [-0.3, -0.25) is 14.9 Å². The number of amides is 2. The van der Waals surface area contributed by atoms with Gasteiger partial charge in [-0.1, -0.05) is 0 Å². The minimum atomic E-state index is -0.411. The highest BCUT2D eigenvalue weighted by Gasteiger charge is 2.31. The van der Waals surface area contributed by atoms with E-state index in [2.05, 4.69) is 20.3 Å². The van der Waals surface area contributed by atoms with Gasteiger partial charge in [-0.05, 0) is 24.3 Å². The molecule has 2 aromatic rings. The third-order valence-corrected chi connectivity index (χ3v) is 5.11. The zero-order valence-corrected chi connectivity index (χ0v) is 15.2. The molecule has 2 amide bonds. The molecule has 3 heterocycles. The van der Waals surface area contributed by atoms with E-state index in [0.29, 0.717) is 25.6 Å². The van der Waals surface area contributed by atoms with E-state index in [4.69, 9.17) is 4.74 Å². The van der Waals surface area contributed by atoms with E-state index in [-0.39, 0.29) is 18.2 Å². The number of carbonyl (C=O) groups excluding carboxylic acids is 2. The monoisotopic (exact) mass is 370 g/mol. The number of rotatable bonds is 4. The van der Waals surface area contributed by atoms with Crippen molar-refractivity contribution in [2.45, 2.75) is 13.0 Å². The van der Waals surface area contributed by atoms with Crippen molar-refractivity contribution in [3.63, 3.8) is 0 Å². The van der Waals surface area contributed by atoms with E-state index < -0.39 is 5.92 Å². The number of aromatic nitrogens is 3. The van der Waals surface area contributed by atoms with Crippen LogP contribution in [-0.2, 0) is 16.1 Å². The van der Waals surface area contributed by atoms with Crippen LogP contribution in [0.2, 0.25) is 0 Å². The Morgan fingerprint density at radius 3 is 2.67 bits per heavy atom. The number of methoxy groups -OCH3 is 1. The second-order valence-electron chi connectivity index (χ2n) is 6.72. The second kappa shape index (κ2) is 7.26. The molecule has 4 rings (SSSR count). The van der Waals surface area contributed by atoms with Gasteiger partial charge in [-0.2, -0.15) is 10.1 Å². The molecule has 1 aromatic carbocycles. The largest absolute Gasteiger partial charge is 0.497 e. The van der Waals surface area contributed by atoms with Gasteiger partial charge in [0, 0.05) is 38.3 Å². The van der Waals surface area contributed by atoms with E-state index >= 15 is 0 Å². The SMILES string of the molecule is COc1ccc(N2CCN(C(=O)CC3Cn4ncnc4NC3=O)CC2)cc1. The molecule has 1 atom stereocenters. The first-order valence-corrected chi connectivity index (χ1v) is 8.99. The summed E-state index contributed by atoms with van der Waals surface area (Å²) < 4.78 is 6.81. The molecule has 1 saturated heterocycles. The van der Waals surface area contributed by atoms with E-state index in [1.807, 2.05) is 29.2 Å². The number of benzene rings is 1. The predicted molar refractivity (Wildman–Crippen MR) is 98.5 cm³/mol. The summed E-state index contributed by atoms with van der Waals surface area (Å²) in [7, 11) is 1.65. The lowest BCUT2D eigenvalue weighted by molar-refractivity contribution is -0.135. The number of fused-ring (bicyclic) bond motifs is 1. The van der Waals surface area contributed by atoms with Gasteiger partial charge < -0.3 is 14.5 Å². The van der Waals surface area contributed by atoms with Gasteiger partial charge >= 0.3 is 0 Å². The van der Waals surface area contributed by atoms with Gasteiger partial charge in [0.25, 0.3) is 0 Å². The first-order chi connectivity index (χ1) is 13.1. The number of hydrogen-bond acceptors (Lipinski definition) is 6. The molecule has 0 bridgehead atoms. The molecule has 0 saturated carbocycles. The molecule has 142 valence electrons. The highest BCUT2D eigenvalue weighted by Crippen LogP contribution is 2.22. The van der Waals surface area contributed by atoms with Crippen molar-refractivity contribution >= 4 is 23.5 Å². The van der Waals surface area contributed by atoms with Crippen LogP contribution in [0.1, 0.15) is 6.42 Å². The number of nitrogens with one attached hydrogen (secondary N) is 1. The normalized spacial score (nSPS) is 19.4. The summed E-state index contributed by atoms with van der Waals surface area (Å²) in [5, 5.41) is 6.76. The molecule has 0 spiro atoms. The molecule has 2 aliphatic heterocycles. The van der Waals surface area contributed by atoms with Crippen LogP contribution in [-0.4, -0.2) is 64.8 Å². The average Bonchev–Trinajstić information content (AvgIpc) is 3.15. The summed E-state index contributed by atoms with van der Waals surface area (Å²) in [5.41, 5.74) is 1.12. The molecule has 27 heavy (non-hydrogen) atoms. The van der Waals surface area contributed by atoms with Gasteiger partial charge in [-0.25, -0.2) is 4.68 Å². The molecule has 1 N–H and O–H groups in total. The minimum Gasteiger partial charge on any atom is -0.497 e. The van der Waals surface area contributed by atoms with E-state index in [0.717, 1.165) is 24.5 Å². The summed E-state index contributed by atoms with van der Waals surface area (Å²) in [6.45, 7) is 3.21. The van der Waals surface area contributed by atoms with E-state index in [1.54, 1.807) is 11.8 Å². The maximum atomic E-state index is 12.7. The molecule has 1 aromatic heterocycles. The molecule has 2 aliphatic rings. The molecule has 0 radical (unpaired) electrons. The molecule has 0 aliphatic carbocycles. The molecule has 9 nitrogen and oxygen atoms in total. The quantitative estimate of drug-likeness (QED) is 0.847. The Morgan fingerprint density at radius 2 is 1.96 bits per heavy atom. The number of nitrogens with zero attached hydrogens (tertiary/aromatic N) is 5. The molecular weight excluding hydrogens is 348 g/mol. The van der Waals surface area contributed by atoms with Crippen LogP contribution in [0, 0.1) is 5.92 Å². The Kier molecular flexibility index (Phi) is 4.66. The Hall–Kier alpha value is -3.10. The first kappa shape index (κ1) is 17.3. The Morgan fingerprint density at radius 1 is 1.22 bits per heavy atom. The van der Waals surface area contributed by atoms with Crippen LogP contribution in [0.3, 0.4) is 0 Å². The fourth-order valence-corrected chi connectivity index (χ4v) is 3.50. The number of ether oxygens (including phenoxy) is 1. The highest BCUT2D eigenvalue weighted by molar-refractivity contribution is 5.95. The minimum absolute atomic E-state index is 0.00750. The van der Waals surface area contributed by atoms with Gasteiger partial charge in [0.15, 0.2) is 0 Å². The van der Waals surface area contributed by atoms with E-state index in [9.17, 15) is 9.59 Å². The Bertz CT molecular complexity index is 826. The molecule has 9 heteroatoms. The van der Waals surface area contributed by atoms with Crippen molar-refractivity contribution in [1.29, 1.82) is 0 Å². The lowest BCUT2D eigenvalue weighted by atomic mass is 10.0. The average molecular weight is 370 g/mol. The highest BCUT2D eigenvalue weighted by atomic mass is 16.5. The van der Waals surface area contributed by atoms with Gasteiger partial charge in [0.1, 0.15) is 12.1 Å². The molecule has 1 fully saturated rings. The van der Waals surface area contributed by atoms with Crippen LogP contribution in [0.4, 0.5) is 11.6 Å². The zero-order chi connectivity index (χ0) is 18.8. The fourth-order valence-electron chi connectivity index (χ4n) is 3.50. The fraction of sp³-hybridized carbons (Fsp3) is 0.444. The van der Waals surface area contributed by atoms with Crippen molar-refractivity contribution in [1.82, 2.24) is 19.7 Å². The summed E-state index contributed by atoms with van der Waals surface area (Å²) in [5.74, 6) is 0.700. The number of piperazine rings is 1. The van der Waals surface area contributed by atoms with Crippen LogP contribution in [0.15, 0.2) is 30.6 Å². The van der Waals surface area contributed by atoms with Crippen molar-refractivity contribution in [2.75, 3.05) is 43.5 Å². The van der Waals surface area contributed by atoms with Crippen molar-refractivity contribution in [2.24, 2.45) is 5.92 Å². The summed E-state index contributed by atoms with van der Waals surface area (Å²) in [6, 6.07) is 7.93. The lowest BCUT2D eigenvalue weighted by Gasteiger charge is -2.36. The summed E-state index contributed by atoms with van der Waals surface area (Å²) in [4.78, 5) is 32.9. The Labute approximate surface area is 156 Å². The molecule has 1 unspecified atom stereocenters. The van der Waals surface area contributed by atoms with Gasteiger partial charge in [0.2, 0.25) is 17.8 Å². The van der Waals surface area contributed by atoms with Crippen molar-refractivity contribution in [3.05, 3.63) is 30.6 Å². The van der Waals surface area contributed by atoms with Crippen LogP contribution in [0.25, 0.3) is 0 Å². The summed E-state index contributed by atoms with van der Waals surface area (Å²) >= 11 is 0. The third kappa shape index (κ3) is 3.57. The number of carbonyl (C=O) groups is 2. The first-order valence-electron chi connectivity index (χ1n) is 8.99. The third-order valence-electron chi connectivity index (χ3n) is 5.11. The second-order valence-corrected chi connectivity index (χ2v) is 6.72. The van der Waals surface area contributed by atoms with Crippen LogP contribution >= 0.6 is 0 Å². The van der Waals surface area contributed by atoms with Gasteiger partial charge in [0.05, 0.1) is 19.6 Å². The van der Waals surface area contributed by atoms with Crippen LogP contribution in [0.5, 0.6) is 5.75 Å². The zero-order valence-electron chi connectivity index (χ0n) is 15.2. The van der Waals surface area contributed by atoms with E-state index in [1.165, 1.54) is 6.33 Å². The topological polar surface area (TPSA) is 92.6 Å². The number of anilines is 2. The number of hydrogen-bond donors (Lipinski definition) is 1. The smallest absolute Gasteiger partial charge is 0.232 e. The van der Waals surface area contributed by atoms with Crippen molar-refractivity contribution in [3.8, 4) is 5.75 Å². The predicted octanol–water partition coefficient (Wildman–Crippen LogP) is 0.594. The maximum Gasteiger partial charge on any atom is 0.232 e. The van der Waals surface area contributed by atoms with Crippen molar-refractivity contribution < 1.29 is 14.3 Å². The summed E-state index contributed by atoms with van der Waals surface area (Å²) in [6.07, 6.45) is 1.59. The molecular formula is C18H22N6O3. The maximum absolute atomic E-state index is 12.7. The van der Waals surface area contributed by atoms with Crippen LogP contribution < -0.4 is 15.0 Å². The Balaban J connectivity index is 1.31. The lowest BCUT2D eigenvalue weighted by Crippen LogP contribution is -2.49. The van der Waals surface area contributed by atoms with Gasteiger partial charge in [-0.15, -0.1) is 0 Å².